The maximum atomic E-state index is 11.4. The van der Waals surface area contributed by atoms with Gasteiger partial charge in [-0.25, -0.2) is 0 Å². The molecule has 0 bridgehead atoms. The van der Waals surface area contributed by atoms with E-state index in [1.165, 1.54) is 0 Å². The Kier molecular flexibility index (Phi) is 2.32. The number of alkyl halides is 3. The van der Waals surface area contributed by atoms with Gasteiger partial charge in [-0.1, -0.05) is 0 Å². The van der Waals surface area contributed by atoms with Crippen LogP contribution in [0.4, 0.5) is 8.78 Å². The zero-order valence-electron chi connectivity index (χ0n) is 2.92. The first-order chi connectivity index (χ1) is 2.94. The molecule has 0 spiro atoms. The second-order valence-corrected chi connectivity index (χ2v) is 2.49. The highest BCUT2D eigenvalue weighted by atomic mass is 79.9. The summed E-state index contributed by atoms with van der Waals surface area (Å²) in [7, 11) is 0. The van der Waals surface area contributed by atoms with Crippen molar-refractivity contribution in [3.8, 4) is 0 Å². The lowest BCUT2D eigenvalue weighted by Gasteiger charge is -1.96. The standard InChI is InChI=1S/C2Br2F2O/c3-1(7)2(4,5)6. The third-order valence-electron chi connectivity index (χ3n) is 0.223. The molecule has 0 N–H and O–H groups in total. The molecule has 0 atom stereocenters. The van der Waals surface area contributed by atoms with E-state index in [-0.39, 0.29) is 0 Å². The number of carbonyl (C=O) groups excluding carboxylic acids is 1. The van der Waals surface area contributed by atoms with E-state index in [4.69, 9.17) is 0 Å². The van der Waals surface area contributed by atoms with Crippen LogP contribution in [-0.2, 0) is 4.79 Å². The summed E-state index contributed by atoms with van der Waals surface area (Å²) < 4.78 is 21.4. The summed E-state index contributed by atoms with van der Waals surface area (Å²) in [6.07, 6.45) is 0. The lowest BCUT2D eigenvalue weighted by molar-refractivity contribution is -0.121. The predicted molar refractivity (Wildman–Crippen MR) is 27.8 cm³/mol. The van der Waals surface area contributed by atoms with Gasteiger partial charge in [0.2, 0.25) is 0 Å². The van der Waals surface area contributed by atoms with Crippen molar-refractivity contribution in [1.29, 1.82) is 0 Å². The van der Waals surface area contributed by atoms with Crippen LogP contribution in [0.5, 0.6) is 0 Å². The van der Waals surface area contributed by atoms with Crippen molar-refractivity contribution in [2.45, 2.75) is 4.83 Å². The Morgan fingerprint density at radius 3 is 1.71 bits per heavy atom. The summed E-state index contributed by atoms with van der Waals surface area (Å²) in [5, 5.41) is 0. The van der Waals surface area contributed by atoms with Crippen LogP contribution in [0.2, 0.25) is 0 Å². The molecule has 0 aliphatic heterocycles. The van der Waals surface area contributed by atoms with Crippen molar-refractivity contribution in [2.24, 2.45) is 0 Å². The average molecular weight is 238 g/mol. The summed E-state index contributed by atoms with van der Waals surface area (Å²) in [6, 6.07) is 0. The highest BCUT2D eigenvalue weighted by molar-refractivity contribution is 9.20. The summed E-state index contributed by atoms with van der Waals surface area (Å²) >= 11 is 3.87. The van der Waals surface area contributed by atoms with Gasteiger partial charge in [0.25, 0.3) is 4.69 Å². The fraction of sp³-hybridized carbons (Fsp3) is 0.500. The van der Waals surface area contributed by atoms with Gasteiger partial charge in [-0.05, 0) is 15.9 Å². The van der Waals surface area contributed by atoms with Crippen LogP contribution in [0.3, 0.4) is 0 Å². The van der Waals surface area contributed by atoms with Crippen LogP contribution in [0.1, 0.15) is 0 Å². The fourth-order valence-electron chi connectivity index (χ4n) is 0. The zero-order chi connectivity index (χ0) is 6.08. The maximum Gasteiger partial charge on any atom is 0.369 e. The molecule has 0 aliphatic rings. The van der Waals surface area contributed by atoms with Gasteiger partial charge in [0.15, 0.2) is 0 Å². The van der Waals surface area contributed by atoms with Gasteiger partial charge in [-0.15, -0.1) is 0 Å². The smallest absolute Gasteiger partial charge is 0.279 e. The quantitative estimate of drug-likeness (QED) is 0.503. The Bertz CT molecular complexity index is 86.2. The number of halogens is 4. The minimum Gasteiger partial charge on any atom is -0.279 e. The van der Waals surface area contributed by atoms with E-state index in [0.717, 1.165) is 0 Å². The summed E-state index contributed by atoms with van der Waals surface area (Å²) in [6.45, 7) is 0. The largest absolute Gasteiger partial charge is 0.369 e. The van der Waals surface area contributed by atoms with Crippen LogP contribution in [0.25, 0.3) is 0 Å². The monoisotopic (exact) mass is 236 g/mol. The molecule has 5 heteroatoms. The highest BCUT2D eigenvalue weighted by Crippen LogP contribution is 2.24. The molecule has 7 heavy (non-hydrogen) atoms. The third-order valence-corrected chi connectivity index (χ3v) is 1.61. The van der Waals surface area contributed by atoms with Gasteiger partial charge < -0.3 is 0 Å². The van der Waals surface area contributed by atoms with Crippen molar-refractivity contribution in [1.82, 2.24) is 0 Å². The first-order valence-corrected chi connectivity index (χ1v) is 2.80. The van der Waals surface area contributed by atoms with Crippen molar-refractivity contribution in [3.63, 3.8) is 0 Å². The van der Waals surface area contributed by atoms with Gasteiger partial charge in [0.05, 0.1) is 0 Å². The number of hydrogen-bond acceptors (Lipinski definition) is 1. The number of hydrogen-bond donors (Lipinski definition) is 0. The van der Waals surface area contributed by atoms with Gasteiger partial charge in [-0.2, -0.15) is 8.78 Å². The second-order valence-electron chi connectivity index (χ2n) is 0.771. The normalized spacial score (nSPS) is 11.4. The molecular formula is C2Br2F2O. The molecule has 0 saturated heterocycles. The third kappa shape index (κ3) is 3.11. The number of carbonyl (C=O) groups is 1. The lowest BCUT2D eigenvalue weighted by Crippen LogP contribution is -2.12. The fourth-order valence-corrected chi connectivity index (χ4v) is 0. The molecule has 0 fully saturated rings. The zero-order valence-corrected chi connectivity index (χ0v) is 6.09. The van der Waals surface area contributed by atoms with E-state index in [2.05, 4.69) is 15.9 Å². The molecule has 0 aromatic heterocycles. The minimum absolute atomic E-state index is 1.36. The van der Waals surface area contributed by atoms with Crippen LogP contribution in [-0.4, -0.2) is 9.52 Å². The van der Waals surface area contributed by atoms with Crippen molar-refractivity contribution >= 4 is 36.6 Å². The molecule has 1 nitrogen and oxygen atoms in total. The molecule has 0 radical (unpaired) electrons. The summed E-state index contributed by atoms with van der Waals surface area (Å²) in [5.41, 5.74) is 0. The molecule has 0 amide bonds. The van der Waals surface area contributed by atoms with Crippen LogP contribution in [0.15, 0.2) is 0 Å². The molecule has 0 aliphatic carbocycles. The van der Waals surface area contributed by atoms with Crippen molar-refractivity contribution in [3.05, 3.63) is 0 Å². The maximum absolute atomic E-state index is 11.4. The SMILES string of the molecule is O=C(Br)C(F)(F)Br. The molecule has 0 rings (SSSR count). The molecule has 0 unspecified atom stereocenters. The Hall–Kier alpha value is 0.490. The van der Waals surface area contributed by atoms with Crippen LogP contribution in [0, 0.1) is 0 Å². The van der Waals surface area contributed by atoms with Gasteiger partial charge >= 0.3 is 4.83 Å². The van der Waals surface area contributed by atoms with E-state index in [1.807, 2.05) is 15.9 Å². The Morgan fingerprint density at radius 2 is 1.71 bits per heavy atom. The highest BCUT2D eigenvalue weighted by Gasteiger charge is 2.31. The molecule has 0 aromatic rings. The molecule has 0 aromatic carbocycles. The van der Waals surface area contributed by atoms with Crippen molar-refractivity contribution in [2.75, 3.05) is 0 Å². The van der Waals surface area contributed by atoms with Crippen molar-refractivity contribution < 1.29 is 13.6 Å². The van der Waals surface area contributed by atoms with E-state index in [1.54, 1.807) is 0 Å². The molecule has 42 valence electrons. The van der Waals surface area contributed by atoms with E-state index >= 15 is 0 Å². The molecule has 0 saturated carbocycles. The summed E-state index contributed by atoms with van der Waals surface area (Å²) in [4.78, 5) is 6.18. The topological polar surface area (TPSA) is 17.1 Å². The average Bonchev–Trinajstić information content (AvgIpc) is 1.31. The Balaban J connectivity index is 3.79. The number of rotatable bonds is 1. The van der Waals surface area contributed by atoms with E-state index in [0.29, 0.717) is 0 Å². The van der Waals surface area contributed by atoms with Gasteiger partial charge in [-0.3, -0.25) is 4.79 Å². The van der Waals surface area contributed by atoms with Crippen LogP contribution < -0.4 is 0 Å². The Labute approximate surface area is 55.3 Å². The lowest BCUT2D eigenvalue weighted by atomic mass is 10.8. The van der Waals surface area contributed by atoms with E-state index < -0.39 is 9.52 Å². The van der Waals surface area contributed by atoms with Gasteiger partial charge in [0.1, 0.15) is 0 Å². The first kappa shape index (κ1) is 7.49. The minimum atomic E-state index is -3.41. The Morgan fingerprint density at radius 1 is 1.57 bits per heavy atom. The van der Waals surface area contributed by atoms with Crippen LogP contribution >= 0.6 is 31.9 Å². The second kappa shape index (κ2) is 2.17. The first-order valence-electron chi connectivity index (χ1n) is 1.21. The summed E-state index contributed by atoms with van der Waals surface area (Å²) in [5.74, 6) is 0. The molecule has 0 heterocycles. The van der Waals surface area contributed by atoms with Gasteiger partial charge in [0, 0.05) is 15.9 Å². The van der Waals surface area contributed by atoms with E-state index in [9.17, 15) is 13.6 Å². The molecular weight excluding hydrogens is 238 g/mol. The predicted octanol–water partition coefficient (Wildman–Crippen LogP) is 1.90.